The maximum absolute atomic E-state index is 14.1. The van der Waals surface area contributed by atoms with Crippen LogP contribution in [0.4, 0.5) is 15.0 Å². The van der Waals surface area contributed by atoms with Crippen LogP contribution in [0, 0.1) is 17.7 Å². The molecule has 0 bridgehead atoms. The Balaban J connectivity index is 1.54. The minimum atomic E-state index is -0.672. The molecule has 1 amide bonds. The monoisotopic (exact) mass is 367 g/mol. The van der Waals surface area contributed by atoms with Crippen LogP contribution in [-0.4, -0.2) is 44.9 Å². The summed E-state index contributed by atoms with van der Waals surface area (Å²) in [6.45, 7) is 6.74. The molecule has 3 N–H and O–H groups in total. The molecule has 3 heterocycles. The van der Waals surface area contributed by atoms with E-state index in [0.29, 0.717) is 18.5 Å². The lowest BCUT2D eigenvalue weighted by atomic mass is 10.1. The highest BCUT2D eigenvalue weighted by atomic mass is 35.5. The summed E-state index contributed by atoms with van der Waals surface area (Å²) in [5.41, 5.74) is 6.30. The van der Waals surface area contributed by atoms with E-state index in [1.165, 1.54) is 0 Å². The van der Waals surface area contributed by atoms with Crippen molar-refractivity contribution in [3.63, 3.8) is 0 Å². The van der Waals surface area contributed by atoms with Crippen molar-refractivity contribution in [2.75, 3.05) is 18.8 Å². The molecular formula is C16H19ClFN5O2. The molecule has 2 fully saturated rings. The Morgan fingerprint density at radius 2 is 2.04 bits per heavy atom. The van der Waals surface area contributed by atoms with Gasteiger partial charge in [0.2, 0.25) is 0 Å². The molecule has 0 spiro atoms. The van der Waals surface area contributed by atoms with Crippen LogP contribution >= 0.6 is 11.6 Å². The predicted molar refractivity (Wildman–Crippen MR) is 90.8 cm³/mol. The summed E-state index contributed by atoms with van der Waals surface area (Å²) < 4.78 is 19.5. The van der Waals surface area contributed by atoms with E-state index < -0.39 is 11.4 Å². The second-order valence-electron chi connectivity index (χ2n) is 7.70. The Morgan fingerprint density at radius 1 is 1.40 bits per heavy atom. The summed E-state index contributed by atoms with van der Waals surface area (Å²) in [7, 11) is 0. The molecule has 0 radical (unpaired) electrons. The molecule has 7 nitrogen and oxygen atoms in total. The number of H-pyrrole nitrogens is 1. The van der Waals surface area contributed by atoms with E-state index >= 15 is 0 Å². The molecular weight excluding hydrogens is 349 g/mol. The van der Waals surface area contributed by atoms with Gasteiger partial charge in [-0.2, -0.15) is 5.10 Å². The maximum Gasteiger partial charge on any atom is 0.410 e. The number of carbonyl (C=O) groups excluding carboxylic acids is 1. The molecule has 2 aromatic rings. The smallest absolute Gasteiger partial charge is 0.410 e. The fraction of sp³-hybridized carbons (Fsp3) is 0.562. The number of pyridine rings is 1. The number of ether oxygens (including phenoxy) is 1. The van der Waals surface area contributed by atoms with Crippen molar-refractivity contribution in [2.24, 2.45) is 11.8 Å². The summed E-state index contributed by atoms with van der Waals surface area (Å²) >= 11 is 5.72. The number of nitrogen functional groups attached to an aromatic ring is 1. The molecule has 2 aromatic heterocycles. The fourth-order valence-electron chi connectivity index (χ4n) is 3.75. The lowest BCUT2D eigenvalue weighted by Crippen LogP contribution is -2.36. The van der Waals surface area contributed by atoms with Crippen LogP contribution in [0.15, 0.2) is 0 Å². The van der Waals surface area contributed by atoms with Crippen LogP contribution in [0.3, 0.4) is 0 Å². The van der Waals surface area contributed by atoms with Gasteiger partial charge in [-0.15, -0.1) is 0 Å². The van der Waals surface area contributed by atoms with Gasteiger partial charge in [-0.25, -0.2) is 14.2 Å². The number of nitrogens with zero attached hydrogens (tertiary/aromatic N) is 3. The predicted octanol–water partition coefficient (Wildman–Crippen LogP) is 2.91. The minimum absolute atomic E-state index is 0.112. The van der Waals surface area contributed by atoms with E-state index in [4.69, 9.17) is 22.1 Å². The van der Waals surface area contributed by atoms with E-state index in [9.17, 15) is 9.18 Å². The topological polar surface area (TPSA) is 97.1 Å². The van der Waals surface area contributed by atoms with Crippen LogP contribution in [0.25, 0.3) is 10.9 Å². The maximum atomic E-state index is 14.1. The number of nitrogens with one attached hydrogen (secondary N) is 1. The third kappa shape index (κ3) is 2.59. The summed E-state index contributed by atoms with van der Waals surface area (Å²) in [5.74, 6) is 0.227. The number of halogens is 2. The van der Waals surface area contributed by atoms with Gasteiger partial charge in [0.25, 0.3) is 0 Å². The van der Waals surface area contributed by atoms with Gasteiger partial charge in [0.1, 0.15) is 16.9 Å². The molecule has 25 heavy (non-hydrogen) atoms. The Bertz CT molecular complexity index is 866. The first-order valence-corrected chi connectivity index (χ1v) is 8.51. The highest BCUT2D eigenvalue weighted by Gasteiger charge is 2.59. The molecule has 1 aliphatic carbocycles. The van der Waals surface area contributed by atoms with E-state index in [1.54, 1.807) is 4.90 Å². The summed E-state index contributed by atoms with van der Waals surface area (Å²) in [6.07, 6.45) is -0.299. The molecule has 0 aromatic carbocycles. The van der Waals surface area contributed by atoms with Gasteiger partial charge in [-0.3, -0.25) is 5.10 Å². The van der Waals surface area contributed by atoms with Crippen molar-refractivity contribution in [1.29, 1.82) is 0 Å². The van der Waals surface area contributed by atoms with Crippen molar-refractivity contribution in [3.05, 3.63) is 16.7 Å². The summed E-state index contributed by atoms with van der Waals surface area (Å²) in [6, 6.07) is 0. The number of aromatic nitrogens is 3. The highest BCUT2D eigenvalue weighted by Crippen LogP contribution is 2.59. The lowest BCUT2D eigenvalue weighted by molar-refractivity contribution is 0.0271. The van der Waals surface area contributed by atoms with E-state index in [-0.39, 0.29) is 40.3 Å². The average molecular weight is 368 g/mol. The van der Waals surface area contributed by atoms with Crippen molar-refractivity contribution >= 4 is 34.4 Å². The van der Waals surface area contributed by atoms with Gasteiger partial charge in [0.05, 0.1) is 11.1 Å². The van der Waals surface area contributed by atoms with Crippen LogP contribution in [0.5, 0.6) is 0 Å². The lowest BCUT2D eigenvalue weighted by Gasteiger charge is -2.25. The molecule has 9 heteroatoms. The van der Waals surface area contributed by atoms with Gasteiger partial charge in [-0.05, 0) is 32.6 Å². The number of amides is 1. The van der Waals surface area contributed by atoms with E-state index in [2.05, 4.69) is 15.2 Å². The molecule has 3 atom stereocenters. The number of likely N-dealkylation sites (tertiary alicyclic amines) is 1. The zero-order valence-corrected chi connectivity index (χ0v) is 14.9. The first-order chi connectivity index (χ1) is 11.7. The number of aromatic amines is 1. The number of hydrogen-bond donors (Lipinski definition) is 2. The van der Waals surface area contributed by atoms with Gasteiger partial charge in [-0.1, -0.05) is 11.6 Å². The Labute approximate surface area is 148 Å². The first-order valence-electron chi connectivity index (χ1n) is 8.13. The molecule has 1 aliphatic heterocycles. The van der Waals surface area contributed by atoms with Gasteiger partial charge >= 0.3 is 6.09 Å². The van der Waals surface area contributed by atoms with Gasteiger partial charge in [0, 0.05) is 19.0 Å². The van der Waals surface area contributed by atoms with Crippen LogP contribution in [-0.2, 0) is 4.74 Å². The van der Waals surface area contributed by atoms with Crippen LogP contribution in [0.1, 0.15) is 32.4 Å². The number of rotatable bonds is 1. The van der Waals surface area contributed by atoms with Crippen molar-refractivity contribution < 1.29 is 13.9 Å². The zero-order valence-electron chi connectivity index (χ0n) is 14.1. The standard InChI is InChI=1S/C16H19ClFN5O2/c1-16(2,3)25-15(24)23-4-6-7(5-23)8(6)11-9-12(22-21-11)10(18)13(17)20-14(9)19/h6-8H,4-5H2,1-3H3,(H2,19,20)(H,21,22)/t6-,7+,8?. The summed E-state index contributed by atoms with van der Waals surface area (Å²) in [5, 5.41) is 7.12. The molecule has 1 unspecified atom stereocenters. The van der Waals surface area contributed by atoms with Gasteiger partial charge < -0.3 is 15.4 Å². The number of hydrogen-bond acceptors (Lipinski definition) is 5. The fourth-order valence-corrected chi connectivity index (χ4v) is 3.93. The molecule has 1 saturated carbocycles. The third-order valence-electron chi connectivity index (χ3n) is 4.84. The largest absolute Gasteiger partial charge is 0.444 e. The van der Waals surface area contributed by atoms with Crippen molar-refractivity contribution in [1.82, 2.24) is 20.1 Å². The van der Waals surface area contributed by atoms with Crippen molar-refractivity contribution in [2.45, 2.75) is 32.3 Å². The Kier molecular flexibility index (Phi) is 3.41. The second-order valence-corrected chi connectivity index (χ2v) is 8.06. The zero-order chi connectivity index (χ0) is 18.1. The number of fused-ring (bicyclic) bond motifs is 2. The number of piperidine rings is 1. The third-order valence-corrected chi connectivity index (χ3v) is 5.09. The van der Waals surface area contributed by atoms with Crippen LogP contribution in [0.2, 0.25) is 5.15 Å². The summed E-state index contributed by atoms with van der Waals surface area (Å²) in [4.78, 5) is 17.7. The molecule has 1 saturated heterocycles. The molecule has 4 rings (SSSR count). The second kappa shape index (κ2) is 5.20. The average Bonchev–Trinajstić information content (AvgIpc) is 2.91. The highest BCUT2D eigenvalue weighted by molar-refractivity contribution is 6.30. The number of carbonyl (C=O) groups is 1. The minimum Gasteiger partial charge on any atom is -0.444 e. The quantitative estimate of drug-likeness (QED) is 0.755. The number of anilines is 1. The molecule has 134 valence electrons. The molecule has 2 aliphatic rings. The number of nitrogens with two attached hydrogens (primary N) is 1. The van der Waals surface area contributed by atoms with E-state index in [1.807, 2.05) is 20.8 Å². The van der Waals surface area contributed by atoms with Crippen LogP contribution < -0.4 is 5.73 Å². The normalized spacial score (nSPS) is 25.3. The Hall–Kier alpha value is -2.09. The van der Waals surface area contributed by atoms with Crippen molar-refractivity contribution in [3.8, 4) is 0 Å². The SMILES string of the molecule is CC(C)(C)OC(=O)N1C[C@@H]2C(c3[nH]nc4c(F)c(Cl)nc(N)c34)[C@@H]2C1. The van der Waals surface area contributed by atoms with Gasteiger partial charge in [0.15, 0.2) is 11.0 Å². The Morgan fingerprint density at radius 3 is 2.64 bits per heavy atom. The first kappa shape index (κ1) is 16.4. The van der Waals surface area contributed by atoms with E-state index in [0.717, 1.165) is 5.69 Å².